The van der Waals surface area contributed by atoms with Crippen molar-refractivity contribution in [3.05, 3.63) is 23.5 Å². The van der Waals surface area contributed by atoms with E-state index in [1.165, 1.54) is 5.69 Å². The van der Waals surface area contributed by atoms with Crippen LogP contribution in [-0.2, 0) is 12.0 Å². The zero-order chi connectivity index (χ0) is 9.64. The number of rotatable bonds is 1. The van der Waals surface area contributed by atoms with Crippen LogP contribution in [0.25, 0.3) is 0 Å². The van der Waals surface area contributed by atoms with E-state index in [1.54, 1.807) is 0 Å². The maximum absolute atomic E-state index is 11.1. The summed E-state index contributed by atoms with van der Waals surface area (Å²) in [6, 6.07) is 3.81. The van der Waals surface area contributed by atoms with Gasteiger partial charge in [-0.3, -0.25) is 4.79 Å². The predicted octanol–water partition coefficient (Wildman–Crippen LogP) is 1.27. The van der Waals surface area contributed by atoms with Crippen molar-refractivity contribution >= 4 is 5.91 Å². The third kappa shape index (κ3) is 1.07. The molecule has 70 valence electrons. The molecule has 0 saturated heterocycles. The fraction of sp³-hybridized carbons (Fsp3) is 0.500. The highest BCUT2D eigenvalue weighted by molar-refractivity contribution is 5.91. The van der Waals surface area contributed by atoms with Gasteiger partial charge in [-0.15, -0.1) is 0 Å². The molecule has 0 bridgehead atoms. The van der Waals surface area contributed by atoms with Gasteiger partial charge in [-0.2, -0.15) is 0 Å². The van der Waals surface area contributed by atoms with Crippen LogP contribution in [-0.4, -0.2) is 10.5 Å². The average Bonchev–Trinajstić information content (AvgIpc) is 2.53. The minimum absolute atomic E-state index is 0.0448. The lowest BCUT2D eigenvalue weighted by Crippen LogP contribution is -2.27. The van der Waals surface area contributed by atoms with Gasteiger partial charge in [0.1, 0.15) is 5.69 Å². The molecule has 1 aromatic heterocycles. The van der Waals surface area contributed by atoms with Crippen molar-refractivity contribution in [2.75, 3.05) is 0 Å². The zero-order valence-electron chi connectivity index (χ0n) is 8.00. The molecule has 0 aliphatic carbocycles. The lowest BCUT2D eigenvalue weighted by Gasteiger charge is -2.23. The van der Waals surface area contributed by atoms with E-state index < -0.39 is 0 Å². The number of aromatic nitrogens is 1. The molecule has 0 atom stereocenters. The Bertz CT molecular complexity index is 363. The molecule has 1 aromatic rings. The van der Waals surface area contributed by atoms with E-state index in [0.717, 1.165) is 12.8 Å². The van der Waals surface area contributed by atoms with Crippen molar-refractivity contribution < 1.29 is 4.79 Å². The quantitative estimate of drug-likeness (QED) is 0.691. The number of nitrogens with two attached hydrogens (primary N) is 1. The molecule has 2 rings (SSSR count). The van der Waals surface area contributed by atoms with Gasteiger partial charge in [-0.25, -0.2) is 0 Å². The third-order valence-electron chi connectivity index (χ3n) is 2.81. The number of carbonyl (C=O) groups excluding carboxylic acids is 1. The normalized spacial score (nSPS) is 18.6. The summed E-state index contributed by atoms with van der Waals surface area (Å²) in [5.41, 5.74) is 7.20. The molecule has 0 saturated carbocycles. The zero-order valence-corrected chi connectivity index (χ0v) is 8.00. The SMILES string of the molecule is CC1(C)CCc2ccc(C(N)=O)n21. The molecule has 0 unspecified atom stereocenters. The van der Waals surface area contributed by atoms with Crippen LogP contribution in [0.4, 0.5) is 0 Å². The highest BCUT2D eigenvalue weighted by Crippen LogP contribution is 2.33. The van der Waals surface area contributed by atoms with Crippen LogP contribution in [0.1, 0.15) is 36.5 Å². The van der Waals surface area contributed by atoms with E-state index in [9.17, 15) is 4.79 Å². The van der Waals surface area contributed by atoms with E-state index in [4.69, 9.17) is 5.73 Å². The highest BCUT2D eigenvalue weighted by atomic mass is 16.1. The van der Waals surface area contributed by atoms with E-state index in [-0.39, 0.29) is 11.4 Å². The minimum Gasteiger partial charge on any atom is -0.364 e. The fourth-order valence-corrected chi connectivity index (χ4v) is 2.13. The number of primary amides is 1. The van der Waals surface area contributed by atoms with Gasteiger partial charge < -0.3 is 10.3 Å². The van der Waals surface area contributed by atoms with E-state index in [1.807, 2.05) is 12.1 Å². The third-order valence-corrected chi connectivity index (χ3v) is 2.81. The molecule has 13 heavy (non-hydrogen) atoms. The summed E-state index contributed by atoms with van der Waals surface area (Å²) in [5.74, 6) is -0.332. The summed E-state index contributed by atoms with van der Waals surface area (Å²) in [6.07, 6.45) is 2.13. The maximum atomic E-state index is 11.1. The highest BCUT2D eigenvalue weighted by Gasteiger charge is 2.31. The molecule has 0 radical (unpaired) electrons. The van der Waals surface area contributed by atoms with Crippen LogP contribution < -0.4 is 5.73 Å². The monoisotopic (exact) mass is 178 g/mol. The van der Waals surface area contributed by atoms with Crippen molar-refractivity contribution in [3.8, 4) is 0 Å². The van der Waals surface area contributed by atoms with Crippen LogP contribution >= 0.6 is 0 Å². The van der Waals surface area contributed by atoms with E-state index >= 15 is 0 Å². The Morgan fingerprint density at radius 1 is 1.54 bits per heavy atom. The molecule has 0 spiro atoms. The minimum atomic E-state index is -0.332. The van der Waals surface area contributed by atoms with Gasteiger partial charge in [0.05, 0.1) is 0 Å². The second-order valence-electron chi connectivity index (χ2n) is 4.22. The van der Waals surface area contributed by atoms with Crippen molar-refractivity contribution in [2.24, 2.45) is 5.73 Å². The van der Waals surface area contributed by atoms with Crippen molar-refractivity contribution in [2.45, 2.75) is 32.2 Å². The summed E-state index contributed by atoms with van der Waals surface area (Å²) in [4.78, 5) is 11.1. The average molecular weight is 178 g/mol. The maximum Gasteiger partial charge on any atom is 0.265 e. The van der Waals surface area contributed by atoms with Gasteiger partial charge in [0.15, 0.2) is 0 Å². The van der Waals surface area contributed by atoms with E-state index in [0.29, 0.717) is 5.69 Å². The van der Waals surface area contributed by atoms with Crippen LogP contribution in [0, 0.1) is 0 Å². The molecule has 3 heteroatoms. The summed E-state index contributed by atoms with van der Waals surface area (Å²) >= 11 is 0. The second kappa shape index (κ2) is 2.37. The number of amides is 1. The first kappa shape index (κ1) is 8.35. The smallest absolute Gasteiger partial charge is 0.265 e. The van der Waals surface area contributed by atoms with Crippen molar-refractivity contribution in [1.82, 2.24) is 4.57 Å². The molecule has 0 aromatic carbocycles. The Hall–Kier alpha value is -1.25. The molecule has 2 N–H and O–H groups in total. The molecule has 3 nitrogen and oxygen atoms in total. The molecule has 1 amide bonds. The number of aryl methyl sites for hydroxylation is 1. The molecule has 2 heterocycles. The predicted molar refractivity (Wildman–Crippen MR) is 50.6 cm³/mol. The van der Waals surface area contributed by atoms with Crippen LogP contribution in [0.5, 0.6) is 0 Å². The Balaban J connectivity index is 2.59. The van der Waals surface area contributed by atoms with Gasteiger partial charge in [-0.05, 0) is 38.8 Å². The standard InChI is InChI=1S/C10H14N2O/c1-10(2)6-5-7-3-4-8(9(11)13)12(7)10/h3-4H,5-6H2,1-2H3,(H2,11,13). The van der Waals surface area contributed by atoms with Crippen LogP contribution in [0.3, 0.4) is 0 Å². The Labute approximate surface area is 77.5 Å². The molecule has 0 fully saturated rings. The second-order valence-corrected chi connectivity index (χ2v) is 4.22. The summed E-state index contributed by atoms with van der Waals surface area (Å²) < 4.78 is 2.06. The van der Waals surface area contributed by atoms with Gasteiger partial charge in [0.25, 0.3) is 5.91 Å². The van der Waals surface area contributed by atoms with Crippen LogP contribution in [0.15, 0.2) is 12.1 Å². The first-order chi connectivity index (χ1) is 6.02. The molecular weight excluding hydrogens is 164 g/mol. The number of fused-ring (bicyclic) bond motifs is 1. The number of hydrogen-bond acceptors (Lipinski definition) is 1. The Kier molecular flexibility index (Phi) is 1.53. The summed E-state index contributed by atoms with van der Waals surface area (Å²) in [7, 11) is 0. The van der Waals surface area contributed by atoms with Crippen molar-refractivity contribution in [3.63, 3.8) is 0 Å². The first-order valence-corrected chi connectivity index (χ1v) is 4.53. The number of nitrogens with zero attached hydrogens (tertiary/aromatic N) is 1. The van der Waals surface area contributed by atoms with E-state index in [2.05, 4.69) is 18.4 Å². The largest absolute Gasteiger partial charge is 0.364 e. The molecular formula is C10H14N2O. The molecule has 1 aliphatic heterocycles. The number of carbonyl (C=O) groups is 1. The fourth-order valence-electron chi connectivity index (χ4n) is 2.13. The van der Waals surface area contributed by atoms with Crippen LogP contribution in [0.2, 0.25) is 0 Å². The lowest BCUT2D eigenvalue weighted by molar-refractivity contribution is 0.0986. The summed E-state index contributed by atoms with van der Waals surface area (Å²) in [5, 5.41) is 0. The topological polar surface area (TPSA) is 48.0 Å². The van der Waals surface area contributed by atoms with Gasteiger partial charge in [0, 0.05) is 11.2 Å². The summed E-state index contributed by atoms with van der Waals surface area (Å²) in [6.45, 7) is 4.27. The Morgan fingerprint density at radius 3 is 2.85 bits per heavy atom. The van der Waals surface area contributed by atoms with Gasteiger partial charge in [0.2, 0.25) is 0 Å². The number of hydrogen-bond donors (Lipinski definition) is 1. The van der Waals surface area contributed by atoms with Gasteiger partial charge >= 0.3 is 0 Å². The van der Waals surface area contributed by atoms with Gasteiger partial charge in [-0.1, -0.05) is 0 Å². The first-order valence-electron chi connectivity index (χ1n) is 4.53. The van der Waals surface area contributed by atoms with Crippen molar-refractivity contribution in [1.29, 1.82) is 0 Å². The molecule has 1 aliphatic rings. The Morgan fingerprint density at radius 2 is 2.23 bits per heavy atom. The lowest BCUT2D eigenvalue weighted by atomic mass is 10.0.